The lowest BCUT2D eigenvalue weighted by molar-refractivity contribution is 0.137. The summed E-state index contributed by atoms with van der Waals surface area (Å²) in [5, 5.41) is 18.6. The van der Waals surface area contributed by atoms with Crippen LogP contribution in [0, 0.1) is 0 Å². The minimum atomic E-state index is -0.626. The fraction of sp³-hybridized carbons (Fsp3) is 0.714. The molecule has 2 fully saturated rings. The molecule has 116 valence electrons. The fourth-order valence-electron chi connectivity index (χ4n) is 3.29. The maximum atomic E-state index is 12.0. The molecular weight excluding hydrogens is 292 g/mol. The first-order valence-corrected chi connectivity index (χ1v) is 8.34. The average molecular weight is 312 g/mol. The van der Waals surface area contributed by atoms with E-state index >= 15 is 0 Å². The molecular formula is C14H20N2O4S. The van der Waals surface area contributed by atoms with Crippen molar-refractivity contribution >= 4 is 11.8 Å². The Balaban J connectivity index is 1.93. The van der Waals surface area contributed by atoms with Crippen LogP contribution in [0.15, 0.2) is 15.8 Å². The second kappa shape index (κ2) is 5.98. The van der Waals surface area contributed by atoms with Crippen LogP contribution in [0.2, 0.25) is 0 Å². The lowest BCUT2D eigenvalue weighted by Crippen LogP contribution is -2.33. The summed E-state index contributed by atoms with van der Waals surface area (Å²) in [6, 6.07) is 0. The molecule has 3 N–H and O–H groups in total. The molecule has 0 unspecified atom stereocenters. The average Bonchev–Trinajstić information content (AvgIpc) is 3.08. The number of aromatic nitrogens is 2. The summed E-state index contributed by atoms with van der Waals surface area (Å²) in [6.07, 6.45) is 5.66. The van der Waals surface area contributed by atoms with E-state index in [1.165, 1.54) is 16.3 Å². The summed E-state index contributed by atoms with van der Waals surface area (Å²) in [6.45, 7) is -0.115. The summed E-state index contributed by atoms with van der Waals surface area (Å²) in [5.74, 6) is 0.227. The quantitative estimate of drug-likeness (QED) is 0.757. The molecule has 1 aromatic heterocycles. The van der Waals surface area contributed by atoms with Gasteiger partial charge in [-0.15, -0.1) is 11.8 Å². The van der Waals surface area contributed by atoms with E-state index in [0.29, 0.717) is 12.0 Å². The molecule has 6 nitrogen and oxygen atoms in total. The lowest BCUT2D eigenvalue weighted by atomic mass is 10.0. The van der Waals surface area contributed by atoms with Crippen LogP contribution < -0.4 is 11.2 Å². The van der Waals surface area contributed by atoms with Crippen molar-refractivity contribution in [3.05, 3.63) is 32.6 Å². The first kappa shape index (κ1) is 14.9. The van der Waals surface area contributed by atoms with E-state index in [-0.39, 0.29) is 28.7 Å². The first-order valence-electron chi connectivity index (χ1n) is 7.40. The predicted molar refractivity (Wildman–Crippen MR) is 80.7 cm³/mol. The van der Waals surface area contributed by atoms with Gasteiger partial charge in [-0.2, -0.15) is 0 Å². The van der Waals surface area contributed by atoms with Gasteiger partial charge in [0.05, 0.1) is 23.3 Å². The van der Waals surface area contributed by atoms with Gasteiger partial charge in [0, 0.05) is 18.2 Å². The van der Waals surface area contributed by atoms with Gasteiger partial charge in [-0.1, -0.05) is 12.8 Å². The molecule has 21 heavy (non-hydrogen) atoms. The van der Waals surface area contributed by atoms with E-state index < -0.39 is 11.8 Å². The number of hydrogen-bond donors (Lipinski definition) is 3. The van der Waals surface area contributed by atoms with Crippen LogP contribution in [0.5, 0.6) is 0 Å². The predicted octanol–water partition coefficient (Wildman–Crippen LogP) is 0.551. The number of aromatic amines is 1. The van der Waals surface area contributed by atoms with Gasteiger partial charge in [-0.3, -0.25) is 14.3 Å². The monoisotopic (exact) mass is 312 g/mol. The highest BCUT2D eigenvalue weighted by Gasteiger charge is 2.35. The van der Waals surface area contributed by atoms with Crippen molar-refractivity contribution in [2.75, 3.05) is 6.61 Å². The van der Waals surface area contributed by atoms with Gasteiger partial charge in [-0.25, -0.2) is 4.79 Å². The molecule has 2 aliphatic rings. The van der Waals surface area contributed by atoms with Crippen LogP contribution >= 0.6 is 11.8 Å². The number of H-pyrrole nitrogens is 1. The Bertz CT molecular complexity index is 620. The van der Waals surface area contributed by atoms with E-state index in [9.17, 15) is 19.8 Å². The number of rotatable bonds is 3. The van der Waals surface area contributed by atoms with E-state index in [2.05, 4.69) is 4.98 Å². The third-order valence-corrected chi connectivity index (χ3v) is 6.03. The van der Waals surface area contributed by atoms with Gasteiger partial charge in [0.25, 0.3) is 5.56 Å². The number of aliphatic hydroxyl groups is 2. The van der Waals surface area contributed by atoms with E-state index in [1.807, 2.05) is 0 Å². The maximum Gasteiger partial charge on any atom is 0.329 e. The van der Waals surface area contributed by atoms with Gasteiger partial charge in [0.2, 0.25) is 0 Å². The second-order valence-electron chi connectivity index (χ2n) is 5.85. The van der Waals surface area contributed by atoms with E-state index in [0.717, 1.165) is 25.7 Å². The highest BCUT2D eigenvalue weighted by molar-refractivity contribution is 8.00. The summed E-state index contributed by atoms with van der Waals surface area (Å²) < 4.78 is 1.51. The first-order chi connectivity index (χ1) is 10.1. The normalized spacial score (nSPS) is 30.1. The topological polar surface area (TPSA) is 95.3 Å². The Morgan fingerprint density at radius 1 is 1.33 bits per heavy atom. The second-order valence-corrected chi connectivity index (χ2v) is 7.27. The van der Waals surface area contributed by atoms with Crippen LogP contribution in [-0.4, -0.2) is 37.7 Å². The summed E-state index contributed by atoms with van der Waals surface area (Å²) >= 11 is 1.38. The molecule has 7 heteroatoms. The third-order valence-electron chi connectivity index (χ3n) is 4.48. The molecule has 1 aliphatic carbocycles. The molecule has 0 bridgehead atoms. The zero-order valence-electron chi connectivity index (χ0n) is 11.7. The highest BCUT2D eigenvalue weighted by atomic mass is 32.2. The zero-order valence-corrected chi connectivity index (χ0v) is 12.5. The van der Waals surface area contributed by atoms with Crippen molar-refractivity contribution in [3.8, 4) is 0 Å². The van der Waals surface area contributed by atoms with Gasteiger partial charge in [0.1, 0.15) is 0 Å². The van der Waals surface area contributed by atoms with Crippen molar-refractivity contribution < 1.29 is 10.2 Å². The highest BCUT2D eigenvalue weighted by Crippen LogP contribution is 2.41. The van der Waals surface area contributed by atoms with Crippen LogP contribution in [0.3, 0.4) is 0 Å². The Morgan fingerprint density at radius 3 is 2.67 bits per heavy atom. The number of aliphatic hydroxyl groups excluding tert-OH is 2. The van der Waals surface area contributed by atoms with Crippen LogP contribution in [0.1, 0.15) is 49.0 Å². The van der Waals surface area contributed by atoms with Crippen molar-refractivity contribution in [2.24, 2.45) is 0 Å². The molecule has 1 aromatic rings. The van der Waals surface area contributed by atoms with Crippen molar-refractivity contribution in [2.45, 2.75) is 54.7 Å². The van der Waals surface area contributed by atoms with E-state index in [1.54, 1.807) is 6.20 Å². The van der Waals surface area contributed by atoms with E-state index in [4.69, 9.17) is 0 Å². The van der Waals surface area contributed by atoms with Crippen molar-refractivity contribution in [1.29, 1.82) is 0 Å². The molecule has 1 saturated heterocycles. The van der Waals surface area contributed by atoms with Gasteiger partial charge in [0.15, 0.2) is 0 Å². The molecule has 0 amide bonds. The zero-order chi connectivity index (χ0) is 15.0. The van der Waals surface area contributed by atoms with Crippen molar-refractivity contribution in [3.63, 3.8) is 0 Å². The van der Waals surface area contributed by atoms with Gasteiger partial charge in [-0.05, 0) is 18.8 Å². The molecule has 0 aromatic carbocycles. The van der Waals surface area contributed by atoms with Crippen LogP contribution in [-0.2, 0) is 0 Å². The molecule has 3 atom stereocenters. The molecule has 1 saturated carbocycles. The number of nitrogens with one attached hydrogen (secondary N) is 1. The van der Waals surface area contributed by atoms with Gasteiger partial charge < -0.3 is 10.2 Å². The fourth-order valence-corrected chi connectivity index (χ4v) is 4.67. The largest absolute Gasteiger partial charge is 0.395 e. The van der Waals surface area contributed by atoms with Crippen molar-refractivity contribution in [1.82, 2.24) is 9.55 Å². The molecule has 1 aliphatic heterocycles. The Labute approximate surface area is 126 Å². The Kier molecular flexibility index (Phi) is 4.24. The summed E-state index contributed by atoms with van der Waals surface area (Å²) in [7, 11) is 0. The maximum absolute atomic E-state index is 12.0. The smallest absolute Gasteiger partial charge is 0.329 e. The van der Waals surface area contributed by atoms with Gasteiger partial charge >= 0.3 is 5.69 Å². The number of nitrogens with zero attached hydrogens (tertiary/aromatic N) is 1. The number of thioether (sulfide) groups is 1. The summed E-state index contributed by atoms with van der Waals surface area (Å²) in [5.41, 5.74) is -0.0509. The Morgan fingerprint density at radius 2 is 2.05 bits per heavy atom. The SMILES string of the molecule is O=c1[nH]c(=O)n([C@H]2C[C@H](O)[C@@H](CO)S2)cc1C1CCCC1. The Hall–Kier alpha value is -1.05. The molecule has 0 spiro atoms. The molecule has 0 radical (unpaired) electrons. The van der Waals surface area contributed by atoms with Crippen LogP contribution in [0.4, 0.5) is 0 Å². The summed E-state index contributed by atoms with van der Waals surface area (Å²) in [4.78, 5) is 26.5. The third kappa shape index (κ3) is 2.82. The molecule has 3 rings (SSSR count). The molecule has 2 heterocycles. The van der Waals surface area contributed by atoms with Crippen LogP contribution in [0.25, 0.3) is 0 Å². The lowest BCUT2D eigenvalue weighted by Gasteiger charge is -2.16. The standard InChI is InChI=1S/C14H20N2O4S/c17-7-11-10(18)5-12(21-11)16-6-9(8-3-1-2-4-8)13(19)15-14(16)20/h6,8,10-12,17-18H,1-5,7H2,(H,15,19,20)/t10-,11+,12+/m0/s1. The number of hydrogen-bond acceptors (Lipinski definition) is 5. The minimum Gasteiger partial charge on any atom is -0.395 e. The minimum absolute atomic E-state index is 0.115.